The molecule has 3 aromatic rings. The number of H-pyrrole nitrogens is 2. The quantitative estimate of drug-likeness (QED) is 0.354. The average Bonchev–Trinajstić information content (AvgIpc) is 3.47. The molecule has 0 amide bonds. The fourth-order valence-electron chi connectivity index (χ4n) is 4.41. The number of imidazole rings is 1. The maximum absolute atomic E-state index is 14.6. The van der Waals surface area contributed by atoms with Crippen molar-refractivity contribution in [1.29, 1.82) is 0 Å². The molecule has 3 heterocycles. The van der Waals surface area contributed by atoms with Crippen LogP contribution in [0.15, 0.2) is 24.4 Å². The lowest BCUT2D eigenvalue weighted by atomic mass is 9.92. The number of aromatic nitrogens is 4. The van der Waals surface area contributed by atoms with E-state index in [1.807, 2.05) is 13.8 Å². The second-order valence-electron chi connectivity index (χ2n) is 9.86. The molecule has 1 aliphatic heterocycles. The van der Waals surface area contributed by atoms with Crippen LogP contribution in [0.25, 0.3) is 11.4 Å². The zero-order valence-electron chi connectivity index (χ0n) is 20.5. The third kappa shape index (κ3) is 5.59. The molecular formula is C26H35F2N5O. The number of nitrogens with zero attached hydrogens (tertiary/aromatic N) is 3. The number of piperidine rings is 1. The molecule has 2 N–H and O–H groups in total. The predicted molar refractivity (Wildman–Crippen MR) is 130 cm³/mol. The number of halogens is 2. The number of hydrogen-bond acceptors (Lipinski definition) is 4. The van der Waals surface area contributed by atoms with Crippen LogP contribution in [0.2, 0.25) is 0 Å². The van der Waals surface area contributed by atoms with E-state index in [-0.39, 0.29) is 23.1 Å². The van der Waals surface area contributed by atoms with Gasteiger partial charge in [-0.25, -0.2) is 13.8 Å². The Morgan fingerprint density at radius 3 is 2.29 bits per heavy atom. The molecule has 6 nitrogen and oxygen atoms in total. The largest absolute Gasteiger partial charge is 0.493 e. The molecule has 0 bridgehead atoms. The summed E-state index contributed by atoms with van der Waals surface area (Å²) in [6, 6.07) is 4.63. The van der Waals surface area contributed by atoms with E-state index in [0.717, 1.165) is 50.3 Å². The number of ether oxygens (including phenoxy) is 1. The standard InChI is InChI=1S/C26H35F2N5O/c1-16(2)22-14-24(32-31-22)33-9-7-18(8-10-33)6-5-11-34-19-12-20(27)25(21(28)13-19)26-29-15-23(30-26)17(3)4/h12-18H,5-11H2,1-4H3,(H,29,30)(H,31,32). The molecule has 1 saturated heterocycles. The molecule has 0 radical (unpaired) electrons. The highest BCUT2D eigenvalue weighted by Gasteiger charge is 2.22. The lowest BCUT2D eigenvalue weighted by molar-refractivity contribution is 0.277. The summed E-state index contributed by atoms with van der Waals surface area (Å²) in [5.41, 5.74) is 1.85. The molecule has 0 aliphatic carbocycles. The summed E-state index contributed by atoms with van der Waals surface area (Å²) < 4.78 is 34.9. The van der Waals surface area contributed by atoms with Crippen LogP contribution in [0.5, 0.6) is 5.75 Å². The second-order valence-corrected chi connectivity index (χ2v) is 9.86. The summed E-state index contributed by atoms with van der Waals surface area (Å²) in [7, 11) is 0. The highest BCUT2D eigenvalue weighted by atomic mass is 19.1. The van der Waals surface area contributed by atoms with Crippen molar-refractivity contribution < 1.29 is 13.5 Å². The Balaban J connectivity index is 1.23. The molecule has 8 heteroatoms. The Morgan fingerprint density at radius 1 is 1.03 bits per heavy atom. The minimum absolute atomic E-state index is 0.150. The monoisotopic (exact) mass is 471 g/mol. The fraction of sp³-hybridized carbons (Fsp3) is 0.538. The Hall–Kier alpha value is -2.90. The molecule has 0 spiro atoms. The Morgan fingerprint density at radius 2 is 1.71 bits per heavy atom. The van der Waals surface area contributed by atoms with E-state index in [1.165, 1.54) is 17.8 Å². The fourth-order valence-corrected chi connectivity index (χ4v) is 4.41. The van der Waals surface area contributed by atoms with Gasteiger partial charge < -0.3 is 14.6 Å². The lowest BCUT2D eigenvalue weighted by Gasteiger charge is -2.32. The Kier molecular flexibility index (Phi) is 7.54. The van der Waals surface area contributed by atoms with E-state index in [2.05, 4.69) is 45.0 Å². The van der Waals surface area contributed by atoms with Crippen LogP contribution in [-0.2, 0) is 0 Å². The molecule has 1 aromatic carbocycles. The first-order valence-electron chi connectivity index (χ1n) is 12.3. The zero-order valence-corrected chi connectivity index (χ0v) is 20.5. The SMILES string of the molecule is CC(C)c1cc(N2CCC(CCCOc3cc(F)c(-c4ncc(C(C)C)[nH]4)c(F)c3)CC2)n[nH]1. The van der Waals surface area contributed by atoms with E-state index >= 15 is 0 Å². The van der Waals surface area contributed by atoms with Gasteiger partial charge in [0.1, 0.15) is 23.2 Å². The molecule has 1 aliphatic rings. The lowest BCUT2D eigenvalue weighted by Crippen LogP contribution is -2.34. The minimum Gasteiger partial charge on any atom is -0.493 e. The average molecular weight is 472 g/mol. The van der Waals surface area contributed by atoms with Gasteiger partial charge >= 0.3 is 0 Å². The van der Waals surface area contributed by atoms with Crippen LogP contribution >= 0.6 is 0 Å². The van der Waals surface area contributed by atoms with Crippen LogP contribution in [0.4, 0.5) is 14.6 Å². The van der Waals surface area contributed by atoms with Crippen LogP contribution in [0, 0.1) is 17.6 Å². The van der Waals surface area contributed by atoms with Gasteiger partial charge in [0.25, 0.3) is 0 Å². The Bertz CT molecular complexity index is 1060. The first kappa shape index (κ1) is 24.2. The topological polar surface area (TPSA) is 69.8 Å². The van der Waals surface area contributed by atoms with Crippen molar-refractivity contribution in [2.24, 2.45) is 5.92 Å². The molecule has 0 unspecified atom stereocenters. The molecule has 4 rings (SSSR count). The zero-order chi connectivity index (χ0) is 24.2. The number of hydrogen-bond donors (Lipinski definition) is 2. The van der Waals surface area contributed by atoms with Crippen LogP contribution in [0.3, 0.4) is 0 Å². The molecule has 2 aromatic heterocycles. The normalized spacial score (nSPS) is 15.0. The number of rotatable bonds is 9. The van der Waals surface area contributed by atoms with Gasteiger partial charge in [0.15, 0.2) is 5.82 Å². The highest BCUT2D eigenvalue weighted by Crippen LogP contribution is 2.30. The summed E-state index contributed by atoms with van der Waals surface area (Å²) in [5, 5.41) is 7.59. The molecule has 1 fully saturated rings. The Labute approximate surface area is 200 Å². The second kappa shape index (κ2) is 10.6. The number of aromatic amines is 2. The molecule has 0 atom stereocenters. The van der Waals surface area contributed by atoms with Crippen LogP contribution < -0.4 is 9.64 Å². The number of benzene rings is 1. The summed E-state index contributed by atoms with van der Waals surface area (Å²) in [6.07, 6.45) is 5.74. The van der Waals surface area contributed by atoms with Gasteiger partial charge in [0, 0.05) is 48.9 Å². The van der Waals surface area contributed by atoms with Crippen molar-refractivity contribution in [2.75, 3.05) is 24.6 Å². The van der Waals surface area contributed by atoms with Crippen molar-refractivity contribution in [3.63, 3.8) is 0 Å². The minimum atomic E-state index is -0.675. The van der Waals surface area contributed by atoms with Gasteiger partial charge in [-0.3, -0.25) is 5.10 Å². The summed E-state index contributed by atoms with van der Waals surface area (Å²) >= 11 is 0. The van der Waals surface area contributed by atoms with Crippen molar-refractivity contribution >= 4 is 5.82 Å². The summed E-state index contributed by atoms with van der Waals surface area (Å²) in [5.74, 6) is 1.37. The summed E-state index contributed by atoms with van der Waals surface area (Å²) in [4.78, 5) is 9.47. The molecular weight excluding hydrogens is 436 g/mol. The molecule has 184 valence electrons. The summed E-state index contributed by atoms with van der Waals surface area (Å²) in [6.45, 7) is 10.7. The van der Waals surface area contributed by atoms with Crippen molar-refractivity contribution in [1.82, 2.24) is 20.2 Å². The molecule has 34 heavy (non-hydrogen) atoms. The first-order chi connectivity index (χ1) is 16.3. The first-order valence-corrected chi connectivity index (χ1v) is 12.3. The van der Waals surface area contributed by atoms with Gasteiger partial charge in [-0.05, 0) is 43.4 Å². The van der Waals surface area contributed by atoms with Gasteiger partial charge in [-0.1, -0.05) is 27.7 Å². The third-order valence-corrected chi connectivity index (χ3v) is 6.64. The maximum atomic E-state index is 14.6. The smallest absolute Gasteiger partial charge is 0.150 e. The van der Waals surface area contributed by atoms with Crippen molar-refractivity contribution in [3.8, 4) is 17.1 Å². The van der Waals surface area contributed by atoms with E-state index in [4.69, 9.17) is 4.74 Å². The number of anilines is 1. The maximum Gasteiger partial charge on any atom is 0.150 e. The van der Waals surface area contributed by atoms with Crippen molar-refractivity contribution in [2.45, 2.75) is 65.2 Å². The van der Waals surface area contributed by atoms with Gasteiger partial charge in [-0.2, -0.15) is 5.10 Å². The van der Waals surface area contributed by atoms with Gasteiger partial charge in [0.05, 0.1) is 12.2 Å². The predicted octanol–water partition coefficient (Wildman–Crippen LogP) is 6.40. The van der Waals surface area contributed by atoms with E-state index < -0.39 is 11.6 Å². The van der Waals surface area contributed by atoms with Crippen LogP contribution in [0.1, 0.15) is 76.6 Å². The number of nitrogens with one attached hydrogen (secondary N) is 2. The van der Waals surface area contributed by atoms with E-state index in [0.29, 0.717) is 18.4 Å². The third-order valence-electron chi connectivity index (χ3n) is 6.64. The van der Waals surface area contributed by atoms with Gasteiger partial charge in [-0.15, -0.1) is 0 Å². The van der Waals surface area contributed by atoms with Crippen LogP contribution in [-0.4, -0.2) is 39.9 Å². The van der Waals surface area contributed by atoms with E-state index in [1.54, 1.807) is 6.20 Å². The molecule has 0 saturated carbocycles. The van der Waals surface area contributed by atoms with Gasteiger partial charge in [0.2, 0.25) is 0 Å². The van der Waals surface area contributed by atoms with Crippen molar-refractivity contribution in [3.05, 3.63) is 47.4 Å². The van der Waals surface area contributed by atoms with E-state index in [9.17, 15) is 8.78 Å². The highest BCUT2D eigenvalue weighted by molar-refractivity contribution is 5.59.